The van der Waals surface area contributed by atoms with Crippen molar-refractivity contribution in [3.8, 4) is 11.6 Å². The Labute approximate surface area is 102 Å². The Bertz CT molecular complexity index is 503. The van der Waals surface area contributed by atoms with Gasteiger partial charge in [-0.2, -0.15) is 10.2 Å². The van der Waals surface area contributed by atoms with Gasteiger partial charge in [-0.25, -0.2) is 4.68 Å². The summed E-state index contributed by atoms with van der Waals surface area (Å²) < 4.78 is 9.20. The molecule has 0 aromatic carbocycles. The van der Waals surface area contributed by atoms with Crippen LogP contribution in [-0.4, -0.2) is 19.6 Å². The Morgan fingerprint density at radius 2 is 2.19 bits per heavy atom. The maximum absolute atomic E-state index is 5.76. The Morgan fingerprint density at radius 3 is 2.75 bits per heavy atom. The van der Waals surface area contributed by atoms with Gasteiger partial charge in [0.1, 0.15) is 0 Å². The smallest absolute Gasteiger partial charge is 0.222 e. The van der Waals surface area contributed by atoms with Gasteiger partial charge in [-0.1, -0.05) is 15.9 Å². The van der Waals surface area contributed by atoms with Crippen molar-refractivity contribution in [3.63, 3.8) is 0 Å². The predicted molar refractivity (Wildman–Crippen MR) is 63.9 cm³/mol. The van der Waals surface area contributed by atoms with E-state index in [0.29, 0.717) is 5.75 Å². The van der Waals surface area contributed by atoms with Gasteiger partial charge in [0.2, 0.25) is 5.88 Å². The Morgan fingerprint density at radius 1 is 1.44 bits per heavy atom. The summed E-state index contributed by atoms with van der Waals surface area (Å²) in [4.78, 5) is 0. The van der Waals surface area contributed by atoms with E-state index < -0.39 is 0 Å². The fraction of sp³-hybridized carbons (Fsp3) is 0.400. The molecule has 2 aromatic heterocycles. The largest absolute Gasteiger partial charge is 0.436 e. The summed E-state index contributed by atoms with van der Waals surface area (Å²) >= 11 is 3.44. The third-order valence-electron chi connectivity index (χ3n) is 2.32. The minimum Gasteiger partial charge on any atom is -0.436 e. The summed E-state index contributed by atoms with van der Waals surface area (Å²) in [5, 5.41) is 9.10. The van der Waals surface area contributed by atoms with Crippen molar-refractivity contribution in [1.82, 2.24) is 19.6 Å². The molecule has 0 bridgehead atoms. The number of hydrogen-bond acceptors (Lipinski definition) is 3. The van der Waals surface area contributed by atoms with Crippen LogP contribution < -0.4 is 4.74 Å². The first-order chi connectivity index (χ1) is 7.61. The summed E-state index contributed by atoms with van der Waals surface area (Å²) in [5.41, 5.74) is 2.03. The lowest BCUT2D eigenvalue weighted by Crippen LogP contribution is -1.95. The molecule has 0 aliphatic carbocycles. The third kappa shape index (κ3) is 1.97. The van der Waals surface area contributed by atoms with E-state index in [4.69, 9.17) is 4.74 Å². The number of halogens is 1. The zero-order valence-electron chi connectivity index (χ0n) is 9.44. The van der Waals surface area contributed by atoms with Crippen molar-refractivity contribution in [2.24, 2.45) is 14.1 Å². The first-order valence-corrected chi connectivity index (χ1v) is 5.99. The average Bonchev–Trinajstić information content (AvgIpc) is 2.73. The second kappa shape index (κ2) is 4.29. The van der Waals surface area contributed by atoms with E-state index in [-0.39, 0.29) is 0 Å². The number of aromatic nitrogens is 4. The highest BCUT2D eigenvalue weighted by molar-refractivity contribution is 9.08. The molecule has 0 N–H and O–H groups in total. The van der Waals surface area contributed by atoms with Crippen LogP contribution in [0.5, 0.6) is 11.6 Å². The summed E-state index contributed by atoms with van der Waals surface area (Å²) in [5.74, 6) is 1.47. The van der Waals surface area contributed by atoms with Gasteiger partial charge < -0.3 is 4.74 Å². The predicted octanol–water partition coefficient (Wildman–Crippen LogP) is 2.15. The lowest BCUT2D eigenvalue weighted by atomic mass is 10.3. The fourth-order valence-corrected chi connectivity index (χ4v) is 2.17. The van der Waals surface area contributed by atoms with Gasteiger partial charge in [0.15, 0.2) is 5.75 Å². The van der Waals surface area contributed by atoms with Crippen molar-refractivity contribution in [1.29, 1.82) is 0 Å². The third-order valence-corrected chi connectivity index (χ3v) is 2.88. The molecular formula is C10H13BrN4O. The van der Waals surface area contributed by atoms with E-state index in [0.717, 1.165) is 22.5 Å². The average molecular weight is 285 g/mol. The van der Waals surface area contributed by atoms with Gasteiger partial charge in [-0.3, -0.25) is 4.68 Å². The number of hydrogen-bond donors (Lipinski definition) is 0. The number of nitrogens with zero attached hydrogens (tertiary/aromatic N) is 4. The van der Waals surface area contributed by atoms with Crippen LogP contribution in [0.3, 0.4) is 0 Å². The highest BCUT2D eigenvalue weighted by Gasteiger charge is 2.14. The van der Waals surface area contributed by atoms with Gasteiger partial charge in [-0.05, 0) is 6.92 Å². The first-order valence-electron chi connectivity index (χ1n) is 4.86. The molecule has 2 heterocycles. The molecule has 0 aliphatic heterocycles. The standard InChI is InChI=1S/C10H13BrN4O/c1-7-9(4-11)10(15(3)13-7)16-8-5-12-14(2)6-8/h5-6H,4H2,1-3H3. The summed E-state index contributed by atoms with van der Waals surface area (Å²) in [6.07, 6.45) is 3.50. The molecule has 0 amide bonds. The van der Waals surface area contributed by atoms with Crippen molar-refractivity contribution in [2.45, 2.75) is 12.3 Å². The number of alkyl halides is 1. The quantitative estimate of drug-likeness (QED) is 0.812. The maximum Gasteiger partial charge on any atom is 0.222 e. The Kier molecular flexibility index (Phi) is 3.00. The highest BCUT2D eigenvalue weighted by Crippen LogP contribution is 2.28. The lowest BCUT2D eigenvalue weighted by molar-refractivity contribution is 0.427. The van der Waals surface area contributed by atoms with Crippen LogP contribution in [0.25, 0.3) is 0 Å². The number of ether oxygens (including phenoxy) is 1. The van der Waals surface area contributed by atoms with Gasteiger partial charge in [0.05, 0.1) is 18.1 Å². The van der Waals surface area contributed by atoms with Crippen molar-refractivity contribution < 1.29 is 4.74 Å². The molecule has 5 nitrogen and oxygen atoms in total. The Balaban J connectivity index is 2.33. The molecule has 0 spiro atoms. The lowest BCUT2D eigenvalue weighted by Gasteiger charge is -2.04. The molecule has 16 heavy (non-hydrogen) atoms. The molecule has 0 saturated carbocycles. The van der Waals surface area contributed by atoms with Gasteiger partial charge in [0.25, 0.3) is 0 Å². The van der Waals surface area contributed by atoms with E-state index in [1.54, 1.807) is 15.6 Å². The van der Waals surface area contributed by atoms with Crippen LogP contribution in [0.15, 0.2) is 12.4 Å². The SMILES string of the molecule is Cc1nn(C)c(Oc2cnn(C)c2)c1CBr. The monoisotopic (exact) mass is 284 g/mol. The van der Waals surface area contributed by atoms with E-state index in [2.05, 4.69) is 26.1 Å². The van der Waals surface area contributed by atoms with E-state index in [1.165, 1.54) is 0 Å². The molecule has 2 aromatic rings. The normalized spacial score (nSPS) is 10.8. The van der Waals surface area contributed by atoms with E-state index in [1.807, 2.05) is 27.2 Å². The molecular weight excluding hydrogens is 272 g/mol. The second-order valence-electron chi connectivity index (χ2n) is 3.58. The first kappa shape index (κ1) is 11.2. The molecule has 0 atom stereocenters. The zero-order chi connectivity index (χ0) is 11.7. The Hall–Kier alpha value is -1.30. The van der Waals surface area contributed by atoms with Gasteiger partial charge in [-0.15, -0.1) is 0 Å². The summed E-state index contributed by atoms with van der Waals surface area (Å²) in [6.45, 7) is 1.96. The molecule has 0 saturated heterocycles. The molecule has 0 unspecified atom stereocenters. The molecule has 0 aliphatic rings. The van der Waals surface area contributed by atoms with Gasteiger partial charge in [0, 0.05) is 25.0 Å². The maximum atomic E-state index is 5.76. The van der Waals surface area contributed by atoms with Crippen LogP contribution in [0, 0.1) is 6.92 Å². The molecule has 86 valence electrons. The molecule has 2 rings (SSSR count). The van der Waals surface area contributed by atoms with Crippen LogP contribution in [0.2, 0.25) is 0 Å². The van der Waals surface area contributed by atoms with Crippen molar-refractivity contribution >= 4 is 15.9 Å². The van der Waals surface area contributed by atoms with Crippen LogP contribution in [0.4, 0.5) is 0 Å². The molecule has 0 radical (unpaired) electrons. The highest BCUT2D eigenvalue weighted by atomic mass is 79.9. The zero-order valence-corrected chi connectivity index (χ0v) is 11.0. The van der Waals surface area contributed by atoms with Crippen molar-refractivity contribution in [3.05, 3.63) is 23.7 Å². The van der Waals surface area contributed by atoms with Crippen molar-refractivity contribution in [2.75, 3.05) is 0 Å². The summed E-state index contributed by atoms with van der Waals surface area (Å²) in [6, 6.07) is 0. The van der Waals surface area contributed by atoms with E-state index in [9.17, 15) is 0 Å². The molecule has 6 heteroatoms. The summed E-state index contributed by atoms with van der Waals surface area (Å²) in [7, 11) is 3.72. The van der Waals surface area contributed by atoms with Crippen LogP contribution in [-0.2, 0) is 19.4 Å². The minimum atomic E-state index is 0.715. The number of aryl methyl sites for hydroxylation is 3. The fourth-order valence-electron chi connectivity index (χ4n) is 1.53. The van der Waals surface area contributed by atoms with Gasteiger partial charge >= 0.3 is 0 Å². The second-order valence-corrected chi connectivity index (χ2v) is 4.14. The molecule has 0 fully saturated rings. The number of rotatable bonds is 3. The van der Waals surface area contributed by atoms with Crippen LogP contribution >= 0.6 is 15.9 Å². The van der Waals surface area contributed by atoms with Crippen LogP contribution in [0.1, 0.15) is 11.3 Å². The topological polar surface area (TPSA) is 44.9 Å². The minimum absolute atomic E-state index is 0.715. The van der Waals surface area contributed by atoms with E-state index >= 15 is 0 Å².